The van der Waals surface area contributed by atoms with Crippen LogP contribution in [-0.4, -0.2) is 59.9 Å². The molecule has 4 nitrogen and oxygen atoms in total. The van der Waals surface area contributed by atoms with Gasteiger partial charge in [-0.1, -0.05) is 0 Å². The molecule has 1 aliphatic rings. The van der Waals surface area contributed by atoms with Gasteiger partial charge in [0.05, 0.1) is 8.96 Å². The van der Waals surface area contributed by atoms with Crippen molar-refractivity contribution in [2.75, 3.05) is 26.2 Å². The van der Waals surface area contributed by atoms with Crippen LogP contribution in [0.2, 0.25) is 0 Å². The fourth-order valence-corrected chi connectivity index (χ4v) is 2.73. The first-order valence-corrected chi connectivity index (χ1v) is 7.86. The van der Waals surface area contributed by atoms with Crippen LogP contribution in [-0.2, 0) is 9.59 Å². The lowest BCUT2D eigenvalue weighted by atomic mass is 10.3. The molecule has 0 radical (unpaired) electrons. The molecule has 12 heteroatoms. The molecule has 0 bridgehead atoms. The summed E-state index contributed by atoms with van der Waals surface area (Å²) >= 11 is 5.12. The third-order valence-corrected chi connectivity index (χ3v) is 4.02. The molecular formula is C12H10Br2F6N2O2. The summed E-state index contributed by atoms with van der Waals surface area (Å²) in [5.41, 5.74) is 0. The molecule has 0 aromatic heterocycles. The van der Waals surface area contributed by atoms with E-state index in [1.807, 2.05) is 0 Å². The summed E-state index contributed by atoms with van der Waals surface area (Å²) in [5.74, 6) is -4.05. The van der Waals surface area contributed by atoms with Gasteiger partial charge in [0.25, 0.3) is 11.6 Å². The highest BCUT2D eigenvalue weighted by atomic mass is 79.9. The topological polar surface area (TPSA) is 40.6 Å². The maximum atomic E-state index is 12.2. The molecule has 0 unspecified atom stereocenters. The summed E-state index contributed by atoms with van der Waals surface area (Å²) < 4.78 is 72.2. The maximum Gasteiger partial charge on any atom is 0.455 e. The predicted molar refractivity (Wildman–Crippen MR) is 79.3 cm³/mol. The summed E-state index contributed by atoms with van der Waals surface area (Å²) in [7, 11) is 0. The molecule has 0 atom stereocenters. The van der Waals surface area contributed by atoms with Gasteiger partial charge in [-0.2, -0.15) is 26.3 Å². The number of piperazine rings is 1. The smallest absolute Gasteiger partial charge is 0.373 e. The highest BCUT2D eigenvalue weighted by molar-refractivity contribution is 9.12. The molecular weight excluding hydrogens is 478 g/mol. The summed E-state index contributed by atoms with van der Waals surface area (Å²) in [6, 6.07) is 0. The molecule has 0 amide bonds. The third-order valence-electron chi connectivity index (χ3n) is 2.89. The van der Waals surface area contributed by atoms with Gasteiger partial charge >= 0.3 is 12.4 Å². The molecule has 1 heterocycles. The summed E-state index contributed by atoms with van der Waals surface area (Å²) in [4.78, 5) is 24.8. The van der Waals surface area contributed by atoms with Crippen LogP contribution in [0.3, 0.4) is 0 Å². The zero-order valence-electron chi connectivity index (χ0n) is 11.7. The Balaban J connectivity index is 2.65. The van der Waals surface area contributed by atoms with Gasteiger partial charge in [0.15, 0.2) is 0 Å². The SMILES string of the molecule is O=C(C(Br)=CN1CCN(C=C(Br)C(=O)C(F)(F)F)CC1)C(F)(F)F. The normalized spacial score (nSPS) is 18.0. The third kappa shape index (κ3) is 6.11. The van der Waals surface area contributed by atoms with Gasteiger partial charge in [-0.05, 0) is 31.9 Å². The van der Waals surface area contributed by atoms with Crippen molar-refractivity contribution in [2.24, 2.45) is 0 Å². The number of hydrogen-bond donors (Lipinski definition) is 0. The van der Waals surface area contributed by atoms with E-state index in [4.69, 9.17) is 0 Å². The van der Waals surface area contributed by atoms with Gasteiger partial charge in [0, 0.05) is 38.6 Å². The van der Waals surface area contributed by atoms with Crippen LogP contribution in [0.4, 0.5) is 26.3 Å². The van der Waals surface area contributed by atoms with E-state index in [0.29, 0.717) is 0 Å². The highest BCUT2D eigenvalue weighted by Gasteiger charge is 2.41. The van der Waals surface area contributed by atoms with Crippen molar-refractivity contribution < 1.29 is 35.9 Å². The second-order valence-corrected chi connectivity index (χ2v) is 6.39. The lowest BCUT2D eigenvalue weighted by Crippen LogP contribution is -2.42. The van der Waals surface area contributed by atoms with Gasteiger partial charge in [0.1, 0.15) is 0 Å². The van der Waals surface area contributed by atoms with E-state index in [-0.39, 0.29) is 26.2 Å². The Kier molecular flexibility index (Phi) is 6.91. The molecule has 1 fully saturated rings. The lowest BCUT2D eigenvalue weighted by Gasteiger charge is -2.33. The fourth-order valence-electron chi connectivity index (χ4n) is 1.70. The van der Waals surface area contributed by atoms with Crippen LogP contribution in [0.15, 0.2) is 21.4 Å². The zero-order chi connectivity index (χ0) is 18.7. The van der Waals surface area contributed by atoms with Crippen LogP contribution in [0, 0.1) is 0 Å². The lowest BCUT2D eigenvalue weighted by molar-refractivity contribution is -0.165. The van der Waals surface area contributed by atoms with Crippen LogP contribution in [0.1, 0.15) is 0 Å². The standard InChI is InChI=1S/C12H10Br2F6N2O2/c13-7(9(23)11(15,16)17)5-21-1-2-22(4-3-21)6-8(14)10(24)12(18,19)20/h5-6H,1-4H2. The number of alkyl halides is 6. The van der Waals surface area contributed by atoms with Crippen molar-refractivity contribution in [3.63, 3.8) is 0 Å². The van der Waals surface area contributed by atoms with E-state index < -0.39 is 32.9 Å². The average Bonchev–Trinajstić information content (AvgIpc) is 2.45. The van der Waals surface area contributed by atoms with Crippen LogP contribution >= 0.6 is 31.9 Å². The molecule has 1 aliphatic heterocycles. The monoisotopic (exact) mass is 486 g/mol. The van der Waals surface area contributed by atoms with Crippen LogP contribution < -0.4 is 0 Å². The molecule has 0 saturated carbocycles. The Morgan fingerprint density at radius 2 is 0.958 bits per heavy atom. The summed E-state index contributed by atoms with van der Waals surface area (Å²) in [6.45, 7) is 0.656. The number of halogens is 8. The van der Waals surface area contributed by atoms with Gasteiger partial charge in [-0.15, -0.1) is 0 Å². The van der Waals surface area contributed by atoms with E-state index in [1.165, 1.54) is 9.80 Å². The minimum absolute atomic E-state index is 0.164. The number of nitrogens with zero attached hydrogens (tertiary/aromatic N) is 2. The van der Waals surface area contributed by atoms with Crippen molar-refractivity contribution in [1.82, 2.24) is 9.80 Å². The van der Waals surface area contributed by atoms with E-state index in [0.717, 1.165) is 12.4 Å². The summed E-state index contributed by atoms with van der Waals surface area (Å²) in [5, 5.41) is 0. The molecule has 1 saturated heterocycles. The average molecular weight is 488 g/mol. The summed E-state index contributed by atoms with van der Waals surface area (Å²) in [6.07, 6.45) is -8.01. The predicted octanol–water partition coefficient (Wildman–Crippen LogP) is 3.34. The Morgan fingerprint density at radius 1 is 0.708 bits per heavy atom. The Bertz CT molecular complexity index is 513. The van der Waals surface area contributed by atoms with Crippen molar-refractivity contribution >= 4 is 43.4 Å². The molecule has 0 spiro atoms. The van der Waals surface area contributed by atoms with Crippen molar-refractivity contribution in [2.45, 2.75) is 12.4 Å². The quantitative estimate of drug-likeness (QED) is 0.450. The number of rotatable bonds is 4. The second-order valence-electron chi connectivity index (χ2n) is 4.68. The number of carbonyl (C=O) groups is 2. The first kappa shape index (κ1) is 21.0. The minimum atomic E-state index is -5.00. The van der Waals surface area contributed by atoms with Crippen LogP contribution in [0.5, 0.6) is 0 Å². The largest absolute Gasteiger partial charge is 0.455 e. The van der Waals surface area contributed by atoms with E-state index in [2.05, 4.69) is 31.9 Å². The van der Waals surface area contributed by atoms with Crippen molar-refractivity contribution in [3.05, 3.63) is 21.4 Å². The van der Waals surface area contributed by atoms with Gasteiger partial charge in [0.2, 0.25) is 0 Å². The number of Topliss-reactive ketones (excluding diaryl/α,β-unsaturated/α-hetero) is 2. The molecule has 0 aliphatic carbocycles. The molecule has 24 heavy (non-hydrogen) atoms. The van der Waals surface area contributed by atoms with Crippen molar-refractivity contribution in [1.29, 1.82) is 0 Å². The van der Waals surface area contributed by atoms with Gasteiger partial charge in [-0.25, -0.2) is 0 Å². The Labute approximate surface area is 149 Å². The Morgan fingerprint density at radius 3 is 1.17 bits per heavy atom. The Hall–Kier alpha value is -1.04. The zero-order valence-corrected chi connectivity index (χ0v) is 14.9. The fraction of sp³-hybridized carbons (Fsp3) is 0.500. The molecule has 136 valence electrons. The molecule has 0 N–H and O–H groups in total. The first-order valence-electron chi connectivity index (χ1n) is 6.28. The van der Waals surface area contributed by atoms with Crippen molar-refractivity contribution in [3.8, 4) is 0 Å². The van der Waals surface area contributed by atoms with Crippen LogP contribution in [0.25, 0.3) is 0 Å². The molecule has 1 rings (SSSR count). The number of hydrogen-bond acceptors (Lipinski definition) is 4. The number of carbonyl (C=O) groups excluding carboxylic acids is 2. The minimum Gasteiger partial charge on any atom is -0.373 e. The first-order chi connectivity index (χ1) is 10.8. The van der Waals surface area contributed by atoms with E-state index in [1.54, 1.807) is 0 Å². The number of ketones is 2. The highest BCUT2D eigenvalue weighted by Crippen LogP contribution is 2.26. The molecule has 0 aromatic rings. The second kappa shape index (κ2) is 7.89. The van der Waals surface area contributed by atoms with Gasteiger partial charge < -0.3 is 9.80 Å². The maximum absolute atomic E-state index is 12.2. The van der Waals surface area contributed by atoms with E-state index >= 15 is 0 Å². The number of allylic oxidation sites excluding steroid dienone is 2. The molecule has 0 aromatic carbocycles. The van der Waals surface area contributed by atoms with Gasteiger partial charge in [-0.3, -0.25) is 9.59 Å². The van der Waals surface area contributed by atoms with E-state index in [9.17, 15) is 35.9 Å².